The molecule has 2 heterocycles. The van der Waals surface area contributed by atoms with E-state index in [9.17, 15) is 18.0 Å². The number of rotatable bonds is 7. The van der Waals surface area contributed by atoms with E-state index in [-0.39, 0.29) is 17.8 Å². The highest BCUT2D eigenvalue weighted by atomic mass is 19.4. The minimum absolute atomic E-state index is 0.0478. The van der Waals surface area contributed by atoms with Gasteiger partial charge in [-0.2, -0.15) is 0 Å². The zero-order valence-corrected chi connectivity index (χ0v) is 19.8. The first-order valence-electron chi connectivity index (χ1n) is 11.0. The lowest BCUT2D eigenvalue weighted by Gasteiger charge is -2.09. The second kappa shape index (κ2) is 10.1. The lowest BCUT2D eigenvalue weighted by Crippen LogP contribution is -2.17. The molecule has 10 heteroatoms. The molecule has 0 radical (unpaired) electrons. The number of pyridine rings is 1. The fraction of sp³-hybridized carbons (Fsp3) is 0.192. The summed E-state index contributed by atoms with van der Waals surface area (Å²) in [5.74, 6) is -0.288. The van der Waals surface area contributed by atoms with Crippen LogP contribution in [0.2, 0.25) is 0 Å². The second-order valence-electron chi connectivity index (χ2n) is 8.15. The number of oxime groups is 1. The maximum atomic E-state index is 12.4. The van der Waals surface area contributed by atoms with Gasteiger partial charge in [-0.25, -0.2) is 4.98 Å². The predicted octanol–water partition coefficient (Wildman–Crippen LogP) is 5.60. The summed E-state index contributed by atoms with van der Waals surface area (Å²) in [7, 11) is 0. The van der Waals surface area contributed by atoms with Crippen LogP contribution in [0.4, 0.5) is 13.2 Å². The fourth-order valence-corrected chi connectivity index (χ4v) is 3.56. The van der Waals surface area contributed by atoms with Crippen LogP contribution in [0.1, 0.15) is 28.1 Å². The van der Waals surface area contributed by atoms with Crippen LogP contribution in [0.25, 0.3) is 16.9 Å². The van der Waals surface area contributed by atoms with Crippen LogP contribution in [-0.4, -0.2) is 27.1 Å². The van der Waals surface area contributed by atoms with E-state index in [0.717, 1.165) is 22.5 Å². The van der Waals surface area contributed by atoms with Crippen LogP contribution in [0.15, 0.2) is 71.0 Å². The molecule has 0 bridgehead atoms. The van der Waals surface area contributed by atoms with E-state index in [4.69, 9.17) is 4.84 Å². The Bertz CT molecular complexity index is 1440. The monoisotopic (exact) mass is 496 g/mol. The summed E-state index contributed by atoms with van der Waals surface area (Å²) < 4.78 is 42.6. The number of hydrogen-bond donors (Lipinski definition) is 1. The summed E-state index contributed by atoms with van der Waals surface area (Å²) in [6.07, 6.45) is 0.173. The summed E-state index contributed by atoms with van der Waals surface area (Å²) >= 11 is 0. The molecule has 1 N–H and O–H groups in total. The lowest BCUT2D eigenvalue weighted by atomic mass is 10.1. The molecular weight excluding hydrogens is 473 g/mol. The molecule has 0 aliphatic heterocycles. The number of benzene rings is 2. The van der Waals surface area contributed by atoms with Gasteiger partial charge >= 0.3 is 6.36 Å². The summed E-state index contributed by atoms with van der Waals surface area (Å²) in [5, 5.41) is 3.97. The Morgan fingerprint density at radius 3 is 2.39 bits per heavy atom. The molecule has 7 nitrogen and oxygen atoms in total. The number of ether oxygens (including phenoxy) is 1. The summed E-state index contributed by atoms with van der Waals surface area (Å²) in [6, 6.07) is 12.9. The van der Waals surface area contributed by atoms with Crippen LogP contribution in [0, 0.1) is 20.8 Å². The number of halogens is 3. The maximum Gasteiger partial charge on any atom is 0.573 e. The highest BCUT2D eigenvalue weighted by Gasteiger charge is 2.31. The Labute approximate surface area is 204 Å². The summed E-state index contributed by atoms with van der Waals surface area (Å²) in [6.45, 7) is 5.52. The van der Waals surface area contributed by atoms with E-state index in [0.29, 0.717) is 22.5 Å². The van der Waals surface area contributed by atoms with Gasteiger partial charge in [0, 0.05) is 34.4 Å². The third-order valence-corrected chi connectivity index (χ3v) is 5.65. The third-order valence-electron chi connectivity index (χ3n) is 5.65. The highest BCUT2D eigenvalue weighted by molar-refractivity contribution is 5.80. The molecule has 0 atom stereocenters. The number of aromatic nitrogens is 3. The molecule has 4 rings (SSSR count). The van der Waals surface area contributed by atoms with E-state index >= 15 is 0 Å². The van der Waals surface area contributed by atoms with Gasteiger partial charge in [-0.15, -0.1) is 13.2 Å². The second-order valence-corrected chi connectivity index (χ2v) is 8.15. The van der Waals surface area contributed by atoms with Crippen molar-refractivity contribution in [3.63, 3.8) is 0 Å². The Kier molecular flexibility index (Phi) is 6.96. The predicted molar refractivity (Wildman–Crippen MR) is 129 cm³/mol. The van der Waals surface area contributed by atoms with E-state index in [1.54, 1.807) is 30.2 Å². The first-order valence-corrected chi connectivity index (χ1v) is 11.0. The van der Waals surface area contributed by atoms with Crippen molar-refractivity contribution in [1.29, 1.82) is 0 Å². The average molecular weight is 496 g/mol. The van der Waals surface area contributed by atoms with Gasteiger partial charge in [0.2, 0.25) is 0 Å². The first-order chi connectivity index (χ1) is 17.1. The lowest BCUT2D eigenvalue weighted by molar-refractivity contribution is -0.274. The minimum Gasteiger partial charge on any atom is -0.406 e. The van der Waals surface area contributed by atoms with Crippen LogP contribution in [0.5, 0.6) is 5.75 Å². The molecule has 2 aromatic carbocycles. The number of nitrogens with zero attached hydrogens (tertiary/aromatic N) is 3. The summed E-state index contributed by atoms with van der Waals surface area (Å²) in [4.78, 5) is 25.3. The fourth-order valence-electron chi connectivity index (χ4n) is 3.56. The molecule has 2 aromatic heterocycles. The Morgan fingerprint density at radius 1 is 1.03 bits per heavy atom. The molecule has 4 aromatic rings. The largest absolute Gasteiger partial charge is 0.573 e. The van der Waals surface area contributed by atoms with E-state index in [1.807, 2.05) is 38.1 Å². The van der Waals surface area contributed by atoms with Crippen molar-refractivity contribution < 1.29 is 22.7 Å². The average Bonchev–Trinajstić information content (AvgIpc) is 3.32. The van der Waals surface area contributed by atoms with E-state index < -0.39 is 6.36 Å². The molecular formula is C26H23F3N4O3. The molecule has 0 saturated carbocycles. The number of imidazole rings is 1. The van der Waals surface area contributed by atoms with Gasteiger partial charge in [-0.1, -0.05) is 29.4 Å². The number of hydrogen-bond acceptors (Lipinski definition) is 5. The third kappa shape index (κ3) is 5.83. The molecule has 0 saturated heterocycles. The van der Waals surface area contributed by atoms with Gasteiger partial charge in [0.1, 0.15) is 12.4 Å². The van der Waals surface area contributed by atoms with Crippen LogP contribution in [0.3, 0.4) is 0 Å². The highest BCUT2D eigenvalue weighted by Crippen LogP contribution is 2.25. The van der Waals surface area contributed by atoms with Crippen molar-refractivity contribution in [2.75, 3.05) is 0 Å². The van der Waals surface area contributed by atoms with Gasteiger partial charge in [-0.3, -0.25) is 4.79 Å². The van der Waals surface area contributed by atoms with Crippen molar-refractivity contribution in [1.82, 2.24) is 14.5 Å². The van der Waals surface area contributed by atoms with Crippen LogP contribution in [-0.2, 0) is 11.4 Å². The van der Waals surface area contributed by atoms with E-state index in [2.05, 4.69) is 19.9 Å². The Morgan fingerprint density at radius 2 is 1.72 bits per heavy atom. The number of aromatic amines is 1. The smallest absolute Gasteiger partial charge is 0.406 e. The molecule has 0 amide bonds. The van der Waals surface area contributed by atoms with Gasteiger partial charge in [0.05, 0.1) is 23.8 Å². The Balaban J connectivity index is 1.38. The van der Waals surface area contributed by atoms with Crippen LogP contribution < -0.4 is 10.2 Å². The zero-order valence-electron chi connectivity index (χ0n) is 19.8. The van der Waals surface area contributed by atoms with Crippen molar-refractivity contribution in [2.24, 2.45) is 5.16 Å². The van der Waals surface area contributed by atoms with Crippen molar-refractivity contribution in [2.45, 2.75) is 33.7 Å². The molecule has 0 fully saturated rings. The van der Waals surface area contributed by atoms with Gasteiger partial charge in [0.15, 0.2) is 5.43 Å². The maximum absolute atomic E-state index is 12.4. The molecule has 0 spiro atoms. The standard InChI is InChI=1S/C26H23F3N4O3/c1-16-17(2)32-18(3)23(25(16)34)14-35-31-12-19-4-6-20(7-5-19)24-13-33(15-30-24)21-8-10-22(11-9-21)36-26(27,28)29/h4-13,15H,14H2,1-3H3,(H,32,34)/b31-12+. The SMILES string of the molecule is Cc1[nH]c(C)c(CO/N=C/c2ccc(-c3cn(-c4ccc(OC(F)(F)F)cc4)cn3)cc2)c(=O)c1C. The number of nitrogens with one attached hydrogen (secondary N) is 1. The summed E-state index contributed by atoms with van der Waals surface area (Å²) in [5.41, 5.74) is 5.73. The molecule has 0 aliphatic rings. The van der Waals surface area contributed by atoms with Gasteiger partial charge in [-0.05, 0) is 50.6 Å². The van der Waals surface area contributed by atoms with Crippen LogP contribution >= 0.6 is 0 Å². The topological polar surface area (TPSA) is 81.5 Å². The Hall–Kier alpha value is -4.34. The number of alkyl halides is 3. The molecule has 0 unspecified atom stereocenters. The van der Waals surface area contributed by atoms with Gasteiger partial charge in [0.25, 0.3) is 0 Å². The molecule has 186 valence electrons. The quantitative estimate of drug-likeness (QED) is 0.267. The van der Waals surface area contributed by atoms with Crippen molar-refractivity contribution in [3.05, 3.63) is 99.4 Å². The number of H-pyrrole nitrogens is 1. The first kappa shape index (κ1) is 24.8. The van der Waals surface area contributed by atoms with Gasteiger partial charge < -0.3 is 19.1 Å². The van der Waals surface area contributed by atoms with Crippen molar-refractivity contribution in [3.8, 4) is 22.7 Å². The number of aryl methyl sites for hydroxylation is 2. The molecule has 36 heavy (non-hydrogen) atoms. The van der Waals surface area contributed by atoms with Crippen molar-refractivity contribution >= 4 is 6.21 Å². The zero-order chi connectivity index (χ0) is 25.9. The minimum atomic E-state index is -4.73. The van der Waals surface area contributed by atoms with E-state index in [1.165, 1.54) is 24.3 Å². The normalized spacial score (nSPS) is 11.7. The molecule has 0 aliphatic carbocycles.